The van der Waals surface area contributed by atoms with Crippen LogP contribution in [0.25, 0.3) is 11.0 Å². The monoisotopic (exact) mass is 493 g/mol. The molecule has 1 saturated heterocycles. The van der Waals surface area contributed by atoms with Crippen LogP contribution in [0, 0.1) is 5.82 Å². The highest BCUT2D eigenvalue weighted by molar-refractivity contribution is 5.89. The number of carbonyl (C=O) groups is 2. The van der Waals surface area contributed by atoms with Crippen LogP contribution in [0.3, 0.4) is 0 Å². The molecular formula is C27H32FN5O3. The second-order valence-electron chi connectivity index (χ2n) is 9.71. The molecule has 1 saturated carbocycles. The molecule has 2 heterocycles. The fourth-order valence-corrected chi connectivity index (χ4v) is 5.26. The van der Waals surface area contributed by atoms with Gasteiger partial charge in [0, 0.05) is 19.2 Å². The third kappa shape index (κ3) is 5.56. The van der Waals surface area contributed by atoms with E-state index in [1.54, 1.807) is 21.7 Å². The zero-order valence-corrected chi connectivity index (χ0v) is 20.3. The van der Waals surface area contributed by atoms with Crippen LogP contribution >= 0.6 is 0 Å². The van der Waals surface area contributed by atoms with E-state index in [9.17, 15) is 14.0 Å². The molecule has 5 rings (SSSR count). The van der Waals surface area contributed by atoms with Gasteiger partial charge in [-0.15, -0.1) is 5.10 Å². The summed E-state index contributed by atoms with van der Waals surface area (Å²) < 4.78 is 21.2. The second-order valence-corrected chi connectivity index (χ2v) is 9.71. The number of amides is 2. The number of hydrogen-bond donors (Lipinski definition) is 1. The van der Waals surface area contributed by atoms with Gasteiger partial charge in [-0.1, -0.05) is 48.7 Å². The summed E-state index contributed by atoms with van der Waals surface area (Å²) in [6, 6.07) is 12.4. The molecule has 1 aromatic heterocycles. The Hall–Kier alpha value is -3.33. The van der Waals surface area contributed by atoms with Crippen molar-refractivity contribution in [2.24, 2.45) is 0 Å². The smallest absolute Gasteiger partial charge is 0.247 e. The predicted octanol–water partition coefficient (Wildman–Crippen LogP) is 3.77. The summed E-state index contributed by atoms with van der Waals surface area (Å²) in [7, 11) is 0. The van der Waals surface area contributed by atoms with Crippen LogP contribution in [-0.4, -0.2) is 57.0 Å². The summed E-state index contributed by atoms with van der Waals surface area (Å²) in [4.78, 5) is 29.2. The van der Waals surface area contributed by atoms with Crippen molar-refractivity contribution in [3.8, 4) is 0 Å². The van der Waals surface area contributed by atoms with E-state index >= 15 is 0 Å². The van der Waals surface area contributed by atoms with E-state index in [2.05, 4.69) is 15.6 Å². The molecule has 2 atom stereocenters. The van der Waals surface area contributed by atoms with Crippen molar-refractivity contribution in [1.82, 2.24) is 25.2 Å². The Morgan fingerprint density at radius 2 is 1.83 bits per heavy atom. The van der Waals surface area contributed by atoms with Crippen LogP contribution < -0.4 is 5.32 Å². The van der Waals surface area contributed by atoms with E-state index < -0.39 is 11.9 Å². The Morgan fingerprint density at radius 3 is 2.58 bits per heavy atom. The van der Waals surface area contributed by atoms with Crippen LogP contribution in [0.1, 0.15) is 56.6 Å². The van der Waals surface area contributed by atoms with Crippen molar-refractivity contribution < 1.29 is 18.7 Å². The molecule has 2 fully saturated rings. The molecule has 0 unspecified atom stereocenters. The van der Waals surface area contributed by atoms with E-state index in [-0.39, 0.29) is 37.0 Å². The van der Waals surface area contributed by atoms with Crippen molar-refractivity contribution in [3.63, 3.8) is 0 Å². The first-order chi connectivity index (χ1) is 17.6. The summed E-state index contributed by atoms with van der Waals surface area (Å²) in [5.74, 6) is -0.908. The van der Waals surface area contributed by atoms with Crippen molar-refractivity contribution in [1.29, 1.82) is 0 Å². The highest BCUT2D eigenvalue weighted by Gasteiger charge is 2.35. The minimum absolute atomic E-state index is 0.0678. The Morgan fingerprint density at radius 1 is 1.06 bits per heavy atom. The molecule has 8 nitrogen and oxygen atoms in total. The number of rotatable bonds is 8. The number of nitrogens with one attached hydrogen (secondary N) is 1. The normalized spacial score (nSPS) is 19.3. The fourth-order valence-electron chi connectivity index (χ4n) is 5.26. The van der Waals surface area contributed by atoms with Crippen LogP contribution in [0.4, 0.5) is 4.39 Å². The van der Waals surface area contributed by atoms with Gasteiger partial charge in [0.25, 0.3) is 0 Å². The molecular weight excluding hydrogens is 461 g/mol. The summed E-state index contributed by atoms with van der Waals surface area (Å²) in [5, 5.41) is 11.5. The zero-order chi connectivity index (χ0) is 24.9. The van der Waals surface area contributed by atoms with Crippen LogP contribution in [0.5, 0.6) is 0 Å². The molecule has 2 aromatic carbocycles. The molecule has 1 aliphatic heterocycles. The van der Waals surface area contributed by atoms with Crippen molar-refractivity contribution >= 4 is 22.8 Å². The van der Waals surface area contributed by atoms with Crippen molar-refractivity contribution in [2.75, 3.05) is 13.2 Å². The predicted molar refractivity (Wildman–Crippen MR) is 132 cm³/mol. The van der Waals surface area contributed by atoms with Gasteiger partial charge in [0.05, 0.1) is 11.6 Å². The van der Waals surface area contributed by atoms with E-state index in [1.807, 2.05) is 24.3 Å². The molecule has 0 bridgehead atoms. The Balaban J connectivity index is 1.46. The number of benzene rings is 2. The first-order valence-corrected chi connectivity index (χ1v) is 12.8. The molecule has 1 aliphatic carbocycles. The topological polar surface area (TPSA) is 89.4 Å². The third-order valence-corrected chi connectivity index (χ3v) is 7.15. The molecule has 190 valence electrons. The Labute approximate surface area is 209 Å². The number of fused-ring (bicyclic) bond motifs is 1. The number of ether oxygens (including phenoxy) is 1. The summed E-state index contributed by atoms with van der Waals surface area (Å²) in [6.45, 7) is 0.836. The Bertz CT molecular complexity index is 1190. The van der Waals surface area contributed by atoms with Crippen LogP contribution in [0.2, 0.25) is 0 Å². The molecule has 0 radical (unpaired) electrons. The Kier molecular flexibility index (Phi) is 7.55. The molecule has 9 heteroatoms. The molecule has 1 N–H and O–H groups in total. The van der Waals surface area contributed by atoms with E-state index in [1.165, 1.54) is 18.6 Å². The van der Waals surface area contributed by atoms with E-state index in [0.717, 1.165) is 44.0 Å². The number of halogens is 1. The SMILES string of the molecule is O=C(NC1CCCCC1)[C@@H](c1ccc(F)cc1)N(C[C@@H]1CCCO1)C(=O)Cn1nnc2ccccc21. The van der Waals surface area contributed by atoms with Gasteiger partial charge >= 0.3 is 0 Å². The highest BCUT2D eigenvalue weighted by Crippen LogP contribution is 2.27. The van der Waals surface area contributed by atoms with Gasteiger partial charge in [-0.25, -0.2) is 9.07 Å². The molecule has 36 heavy (non-hydrogen) atoms. The summed E-state index contributed by atoms with van der Waals surface area (Å²) >= 11 is 0. The first kappa shape index (κ1) is 24.4. The largest absolute Gasteiger partial charge is 0.376 e. The minimum Gasteiger partial charge on any atom is -0.376 e. The summed E-state index contributed by atoms with van der Waals surface area (Å²) in [6.07, 6.45) is 6.73. The molecule has 2 amide bonds. The van der Waals surface area contributed by atoms with E-state index in [4.69, 9.17) is 4.74 Å². The second kappa shape index (κ2) is 11.2. The lowest BCUT2D eigenvalue weighted by Gasteiger charge is -2.34. The van der Waals surface area contributed by atoms with Crippen molar-refractivity contribution in [3.05, 3.63) is 59.9 Å². The van der Waals surface area contributed by atoms with Gasteiger partial charge in [-0.3, -0.25) is 9.59 Å². The lowest BCUT2D eigenvalue weighted by molar-refractivity contribution is -0.143. The highest BCUT2D eigenvalue weighted by atomic mass is 19.1. The number of hydrogen-bond acceptors (Lipinski definition) is 5. The van der Waals surface area contributed by atoms with Gasteiger partial charge in [0.1, 0.15) is 23.9 Å². The van der Waals surface area contributed by atoms with E-state index in [0.29, 0.717) is 17.7 Å². The lowest BCUT2D eigenvalue weighted by atomic mass is 9.94. The van der Waals surface area contributed by atoms with Gasteiger partial charge in [-0.2, -0.15) is 0 Å². The third-order valence-electron chi connectivity index (χ3n) is 7.15. The van der Waals surface area contributed by atoms with Gasteiger partial charge in [0.2, 0.25) is 11.8 Å². The zero-order valence-electron chi connectivity index (χ0n) is 20.3. The van der Waals surface area contributed by atoms with Gasteiger partial charge in [-0.05, 0) is 55.5 Å². The maximum absolute atomic E-state index is 13.8. The number of nitrogens with zero attached hydrogens (tertiary/aromatic N) is 4. The maximum atomic E-state index is 13.8. The van der Waals surface area contributed by atoms with Gasteiger partial charge < -0.3 is 15.0 Å². The molecule has 0 spiro atoms. The first-order valence-electron chi connectivity index (χ1n) is 12.8. The number of aromatic nitrogens is 3. The summed E-state index contributed by atoms with van der Waals surface area (Å²) in [5.41, 5.74) is 2.01. The quantitative estimate of drug-likeness (QED) is 0.516. The number of para-hydroxylation sites is 1. The average Bonchev–Trinajstić information content (AvgIpc) is 3.56. The molecule has 2 aliphatic rings. The van der Waals surface area contributed by atoms with Crippen molar-refractivity contribution in [2.45, 2.75) is 69.7 Å². The lowest BCUT2D eigenvalue weighted by Crippen LogP contribution is -2.49. The van der Waals surface area contributed by atoms with Crippen LogP contribution in [0.15, 0.2) is 48.5 Å². The minimum atomic E-state index is -0.904. The maximum Gasteiger partial charge on any atom is 0.247 e. The fraction of sp³-hybridized carbons (Fsp3) is 0.481. The standard InChI is InChI=1S/C27H32FN5O3/c28-20-14-12-19(13-15-20)26(27(35)29-21-7-2-1-3-8-21)32(17-22-9-6-16-36-22)25(34)18-33-24-11-5-4-10-23(24)30-31-33/h4-5,10-15,21-22,26H,1-3,6-9,16-18H2,(H,29,35)/t22-,26+/m0/s1. The van der Waals surface area contributed by atoms with Gasteiger partial charge in [0.15, 0.2) is 0 Å². The van der Waals surface area contributed by atoms with Crippen LogP contribution in [-0.2, 0) is 20.9 Å². The molecule has 3 aromatic rings. The average molecular weight is 494 g/mol. The number of carbonyl (C=O) groups excluding carboxylic acids is 2.